The maximum Gasteiger partial charge on any atom is 0.307 e. The average Bonchev–Trinajstić information content (AvgIpc) is 3.67. The summed E-state index contributed by atoms with van der Waals surface area (Å²) in [6, 6.07) is 0. The SMILES string of the molecule is CCCCCCCCCC(=O)OC(c1cnco1)c1nc(C(CC(OC=O)C(OC=O)C(C)OC=O)OC=O)co1. The molecular formula is C27H36N2O12. The van der Waals surface area contributed by atoms with Crippen molar-refractivity contribution in [2.24, 2.45) is 0 Å². The Bertz CT molecular complexity index is 1040. The molecule has 0 saturated heterocycles. The number of carbonyl (C=O) groups is 5. The summed E-state index contributed by atoms with van der Waals surface area (Å²) in [4.78, 5) is 65.1. The topological polar surface area (TPSA) is 184 Å². The van der Waals surface area contributed by atoms with Gasteiger partial charge in [-0.05, 0) is 13.3 Å². The van der Waals surface area contributed by atoms with Crippen molar-refractivity contribution in [1.82, 2.24) is 9.97 Å². The number of esters is 1. The molecule has 2 heterocycles. The van der Waals surface area contributed by atoms with E-state index in [1.54, 1.807) is 0 Å². The van der Waals surface area contributed by atoms with E-state index in [1.165, 1.54) is 26.0 Å². The molecule has 0 aliphatic rings. The Balaban J connectivity index is 2.17. The predicted molar refractivity (Wildman–Crippen MR) is 137 cm³/mol. The Kier molecular flexibility index (Phi) is 15.2. The van der Waals surface area contributed by atoms with Gasteiger partial charge in [0.2, 0.25) is 12.0 Å². The molecule has 0 aliphatic carbocycles. The second kappa shape index (κ2) is 19.0. The third kappa shape index (κ3) is 11.0. The van der Waals surface area contributed by atoms with Gasteiger partial charge in [-0.1, -0.05) is 45.4 Å². The van der Waals surface area contributed by atoms with Crippen LogP contribution in [0.15, 0.2) is 27.7 Å². The predicted octanol–water partition coefficient (Wildman–Crippen LogP) is 3.68. The Morgan fingerprint density at radius 2 is 1.59 bits per heavy atom. The van der Waals surface area contributed by atoms with Crippen molar-refractivity contribution in [2.45, 2.75) is 102 Å². The Morgan fingerprint density at radius 3 is 2.22 bits per heavy atom. The second-order valence-electron chi connectivity index (χ2n) is 9.12. The fraction of sp³-hybridized carbons (Fsp3) is 0.593. The fourth-order valence-corrected chi connectivity index (χ4v) is 4.16. The van der Waals surface area contributed by atoms with Gasteiger partial charge in [-0.15, -0.1) is 0 Å². The first kappa shape index (κ1) is 33.0. The lowest BCUT2D eigenvalue weighted by Crippen LogP contribution is -2.42. The smallest absolute Gasteiger partial charge is 0.307 e. The first-order valence-corrected chi connectivity index (χ1v) is 13.4. The molecule has 0 bridgehead atoms. The molecule has 0 spiro atoms. The average molecular weight is 581 g/mol. The van der Waals surface area contributed by atoms with Crippen molar-refractivity contribution in [3.8, 4) is 0 Å². The van der Waals surface area contributed by atoms with Gasteiger partial charge in [0.15, 0.2) is 24.4 Å². The molecule has 5 unspecified atom stereocenters. The van der Waals surface area contributed by atoms with Crippen LogP contribution in [0.1, 0.15) is 101 Å². The summed E-state index contributed by atoms with van der Waals surface area (Å²) in [6.45, 7) is 4.07. The molecular weight excluding hydrogens is 544 g/mol. The first-order valence-electron chi connectivity index (χ1n) is 13.4. The zero-order valence-corrected chi connectivity index (χ0v) is 23.1. The third-order valence-corrected chi connectivity index (χ3v) is 6.25. The van der Waals surface area contributed by atoms with Crippen LogP contribution >= 0.6 is 0 Å². The van der Waals surface area contributed by atoms with E-state index in [0.29, 0.717) is 6.42 Å². The summed E-state index contributed by atoms with van der Waals surface area (Å²) < 4.78 is 36.5. The molecule has 0 saturated carbocycles. The van der Waals surface area contributed by atoms with E-state index >= 15 is 0 Å². The van der Waals surface area contributed by atoms with Gasteiger partial charge >= 0.3 is 5.97 Å². The van der Waals surface area contributed by atoms with E-state index in [2.05, 4.69) is 16.9 Å². The molecule has 226 valence electrons. The van der Waals surface area contributed by atoms with Crippen molar-refractivity contribution in [3.05, 3.63) is 36.2 Å². The van der Waals surface area contributed by atoms with Crippen molar-refractivity contribution in [2.75, 3.05) is 0 Å². The lowest BCUT2D eigenvalue weighted by Gasteiger charge is -2.29. The van der Waals surface area contributed by atoms with Crippen LogP contribution in [0.2, 0.25) is 0 Å². The van der Waals surface area contributed by atoms with E-state index in [1.807, 2.05) is 0 Å². The monoisotopic (exact) mass is 580 g/mol. The molecule has 2 aromatic rings. The van der Waals surface area contributed by atoms with Crippen LogP contribution in [0.25, 0.3) is 0 Å². The number of hydrogen-bond donors (Lipinski definition) is 0. The number of hydrogen-bond acceptors (Lipinski definition) is 14. The summed E-state index contributed by atoms with van der Waals surface area (Å²) in [6.07, 6.45) is 5.03. The van der Waals surface area contributed by atoms with Crippen LogP contribution in [0, 0.1) is 0 Å². The maximum atomic E-state index is 12.6. The third-order valence-electron chi connectivity index (χ3n) is 6.25. The molecule has 0 aromatic carbocycles. The highest BCUT2D eigenvalue weighted by Crippen LogP contribution is 2.31. The van der Waals surface area contributed by atoms with Gasteiger partial charge in [0.05, 0.1) is 6.20 Å². The lowest BCUT2D eigenvalue weighted by atomic mass is 10.0. The quantitative estimate of drug-likeness (QED) is 0.0758. The molecule has 0 radical (unpaired) electrons. The largest absolute Gasteiger partial charge is 0.461 e. The van der Waals surface area contributed by atoms with Gasteiger partial charge in [0.25, 0.3) is 25.9 Å². The Hall–Kier alpha value is -4.23. The normalized spacial score (nSPS) is 14.5. The van der Waals surface area contributed by atoms with Crippen LogP contribution in [0.3, 0.4) is 0 Å². The van der Waals surface area contributed by atoms with Crippen LogP contribution in [-0.4, -0.2) is 60.1 Å². The summed E-state index contributed by atoms with van der Waals surface area (Å²) >= 11 is 0. The highest BCUT2D eigenvalue weighted by atomic mass is 16.6. The Morgan fingerprint density at radius 1 is 0.902 bits per heavy atom. The van der Waals surface area contributed by atoms with Crippen molar-refractivity contribution < 1.29 is 56.5 Å². The molecule has 41 heavy (non-hydrogen) atoms. The molecule has 14 nitrogen and oxygen atoms in total. The number of ether oxygens (including phenoxy) is 5. The fourth-order valence-electron chi connectivity index (χ4n) is 4.16. The Labute approximate surface area is 237 Å². The zero-order chi connectivity index (χ0) is 29.9. The number of nitrogens with zero attached hydrogens (tertiary/aromatic N) is 2. The minimum absolute atomic E-state index is 0.0630. The van der Waals surface area contributed by atoms with Crippen molar-refractivity contribution in [1.29, 1.82) is 0 Å². The summed E-state index contributed by atoms with van der Waals surface area (Å²) in [5.74, 6) is -0.422. The van der Waals surface area contributed by atoms with Gasteiger partial charge in [-0.25, -0.2) is 9.97 Å². The highest BCUT2D eigenvalue weighted by molar-refractivity contribution is 5.69. The van der Waals surface area contributed by atoms with E-state index in [0.717, 1.165) is 38.3 Å². The van der Waals surface area contributed by atoms with Gasteiger partial charge in [-0.2, -0.15) is 0 Å². The summed E-state index contributed by atoms with van der Waals surface area (Å²) in [5, 5.41) is 0. The number of oxazole rings is 2. The van der Waals surface area contributed by atoms with Crippen molar-refractivity contribution in [3.63, 3.8) is 0 Å². The van der Waals surface area contributed by atoms with Gasteiger partial charge in [0.1, 0.15) is 24.2 Å². The van der Waals surface area contributed by atoms with Gasteiger partial charge in [-0.3, -0.25) is 24.0 Å². The van der Waals surface area contributed by atoms with E-state index in [4.69, 9.17) is 32.5 Å². The number of unbranched alkanes of at least 4 members (excludes halogenated alkanes) is 6. The van der Waals surface area contributed by atoms with Gasteiger partial charge in [0, 0.05) is 12.8 Å². The van der Waals surface area contributed by atoms with E-state index in [-0.39, 0.29) is 56.1 Å². The summed E-state index contributed by atoms with van der Waals surface area (Å²) in [7, 11) is 0. The molecule has 0 fully saturated rings. The molecule has 14 heteroatoms. The van der Waals surface area contributed by atoms with Crippen LogP contribution in [-0.2, 0) is 47.7 Å². The standard InChI is InChI=1S/C27H36N2O12/c1-3-4-5-6-7-8-9-10-24(34)41-26(23-12-28-14-36-23)27-29-20(13-35-27)21(38-16-31)11-22(39-17-32)25(40-18-33)19(2)37-15-30/h12-19,21-22,25-26H,3-11H2,1-2H3. The van der Waals surface area contributed by atoms with Crippen LogP contribution in [0.4, 0.5) is 0 Å². The molecule has 0 N–H and O–H groups in total. The van der Waals surface area contributed by atoms with E-state index in [9.17, 15) is 24.0 Å². The highest BCUT2D eigenvalue weighted by Gasteiger charge is 2.36. The lowest BCUT2D eigenvalue weighted by molar-refractivity contribution is -0.170. The van der Waals surface area contributed by atoms with Crippen LogP contribution < -0.4 is 0 Å². The molecule has 2 aromatic heterocycles. The minimum atomic E-state index is -1.23. The van der Waals surface area contributed by atoms with Crippen LogP contribution in [0.5, 0.6) is 0 Å². The molecule has 5 atom stereocenters. The molecule has 0 aliphatic heterocycles. The maximum absolute atomic E-state index is 12.6. The van der Waals surface area contributed by atoms with E-state index < -0.39 is 36.5 Å². The number of rotatable bonds is 24. The number of aromatic nitrogens is 2. The first-order chi connectivity index (χ1) is 20.0. The summed E-state index contributed by atoms with van der Waals surface area (Å²) in [5.41, 5.74) is 0.0630. The zero-order valence-electron chi connectivity index (χ0n) is 23.1. The number of carbonyl (C=O) groups excluding carboxylic acids is 5. The second-order valence-corrected chi connectivity index (χ2v) is 9.12. The minimum Gasteiger partial charge on any atom is -0.461 e. The van der Waals surface area contributed by atoms with Gasteiger partial charge < -0.3 is 32.5 Å². The molecule has 2 rings (SSSR count). The molecule has 0 amide bonds. The van der Waals surface area contributed by atoms with Crippen molar-refractivity contribution >= 4 is 31.9 Å².